The van der Waals surface area contributed by atoms with E-state index in [2.05, 4.69) is 4.72 Å². The molecule has 0 spiro atoms. The molecule has 2 rings (SSSR count). The van der Waals surface area contributed by atoms with Crippen molar-refractivity contribution in [2.75, 3.05) is 19.8 Å². The summed E-state index contributed by atoms with van der Waals surface area (Å²) >= 11 is 0. The molecule has 21 heavy (non-hydrogen) atoms. The van der Waals surface area contributed by atoms with Crippen LogP contribution in [0.1, 0.15) is 12.8 Å². The molecule has 1 saturated heterocycles. The first-order valence-corrected chi connectivity index (χ1v) is 7.66. The molecule has 118 valence electrons. The van der Waals surface area contributed by atoms with Crippen molar-refractivity contribution < 1.29 is 31.4 Å². The summed E-state index contributed by atoms with van der Waals surface area (Å²) < 4.78 is 71.2. The Morgan fingerprint density at radius 3 is 2.38 bits per heavy atom. The zero-order valence-electron chi connectivity index (χ0n) is 10.9. The maximum absolute atomic E-state index is 13.6. The van der Waals surface area contributed by atoms with Crippen LogP contribution < -0.4 is 4.72 Å². The second kappa shape index (κ2) is 5.91. The van der Waals surface area contributed by atoms with E-state index in [4.69, 9.17) is 4.74 Å². The van der Waals surface area contributed by atoms with Crippen molar-refractivity contribution in [2.24, 2.45) is 0 Å². The van der Waals surface area contributed by atoms with Crippen LogP contribution in [0.2, 0.25) is 0 Å². The van der Waals surface area contributed by atoms with Crippen LogP contribution in [0, 0.1) is 17.5 Å². The van der Waals surface area contributed by atoms with Crippen molar-refractivity contribution in [3.63, 3.8) is 0 Å². The number of halogens is 3. The highest BCUT2D eigenvalue weighted by atomic mass is 32.2. The number of hydrogen-bond acceptors (Lipinski definition) is 4. The van der Waals surface area contributed by atoms with Gasteiger partial charge in [-0.1, -0.05) is 0 Å². The molecule has 1 aromatic rings. The highest BCUT2D eigenvalue weighted by Gasteiger charge is 2.38. The molecule has 5 nitrogen and oxygen atoms in total. The largest absolute Gasteiger partial charge is 0.394 e. The molecule has 1 fully saturated rings. The van der Waals surface area contributed by atoms with Gasteiger partial charge in [0.15, 0.2) is 17.5 Å². The second-order valence-corrected chi connectivity index (χ2v) is 6.48. The molecule has 0 aromatic heterocycles. The lowest BCUT2D eigenvalue weighted by atomic mass is 9.93. The Morgan fingerprint density at radius 2 is 1.81 bits per heavy atom. The van der Waals surface area contributed by atoms with Crippen LogP contribution in [0.4, 0.5) is 13.2 Å². The van der Waals surface area contributed by atoms with Gasteiger partial charge >= 0.3 is 0 Å². The Morgan fingerprint density at radius 1 is 1.19 bits per heavy atom. The normalized spacial score (nSPS) is 18.7. The van der Waals surface area contributed by atoms with Gasteiger partial charge in [-0.2, -0.15) is 0 Å². The third-order valence-electron chi connectivity index (χ3n) is 3.39. The van der Waals surface area contributed by atoms with Gasteiger partial charge < -0.3 is 9.84 Å². The fourth-order valence-electron chi connectivity index (χ4n) is 2.11. The predicted octanol–water partition coefficient (Wildman–Crippen LogP) is 0.924. The van der Waals surface area contributed by atoms with E-state index in [0.29, 0.717) is 12.1 Å². The van der Waals surface area contributed by atoms with E-state index in [0.717, 1.165) is 0 Å². The molecule has 9 heteroatoms. The number of sulfonamides is 1. The van der Waals surface area contributed by atoms with Gasteiger partial charge in [0, 0.05) is 13.2 Å². The highest BCUT2D eigenvalue weighted by Crippen LogP contribution is 2.25. The third kappa shape index (κ3) is 3.20. The number of aliphatic hydroxyl groups excluding tert-OH is 1. The van der Waals surface area contributed by atoms with Crippen LogP contribution in [0.25, 0.3) is 0 Å². The van der Waals surface area contributed by atoms with Gasteiger partial charge in [0.25, 0.3) is 0 Å². The van der Waals surface area contributed by atoms with Crippen LogP contribution in [0.3, 0.4) is 0 Å². The third-order valence-corrected chi connectivity index (χ3v) is 4.99. The molecule has 0 amide bonds. The summed E-state index contributed by atoms with van der Waals surface area (Å²) in [6.07, 6.45) is 0.377. The van der Waals surface area contributed by atoms with Gasteiger partial charge in [-0.25, -0.2) is 26.3 Å². The molecule has 0 saturated carbocycles. The lowest BCUT2D eigenvalue weighted by Gasteiger charge is -2.35. The zero-order valence-corrected chi connectivity index (χ0v) is 11.7. The first-order chi connectivity index (χ1) is 9.81. The van der Waals surface area contributed by atoms with Crippen molar-refractivity contribution in [3.05, 3.63) is 29.6 Å². The molecule has 0 unspecified atom stereocenters. The molecule has 0 atom stereocenters. The molecule has 0 radical (unpaired) electrons. The molecule has 2 N–H and O–H groups in total. The summed E-state index contributed by atoms with van der Waals surface area (Å²) in [7, 11) is -4.45. The van der Waals surface area contributed by atoms with Crippen LogP contribution >= 0.6 is 0 Å². The fraction of sp³-hybridized carbons (Fsp3) is 0.500. The Hall–Kier alpha value is -1.16. The molecular formula is C12H14F3NO4S. The smallest absolute Gasteiger partial charge is 0.244 e. The summed E-state index contributed by atoms with van der Waals surface area (Å²) in [6.45, 7) is -0.0619. The van der Waals surface area contributed by atoms with Crippen LogP contribution in [-0.2, 0) is 14.8 Å². The number of benzene rings is 1. The summed E-state index contributed by atoms with van der Waals surface area (Å²) in [5.41, 5.74) is -1.20. The number of nitrogens with one attached hydrogen (secondary N) is 1. The van der Waals surface area contributed by atoms with E-state index in [9.17, 15) is 26.7 Å². The van der Waals surface area contributed by atoms with Crippen molar-refractivity contribution in [1.29, 1.82) is 0 Å². The molecule has 1 aliphatic rings. The average Bonchev–Trinajstić information content (AvgIpc) is 2.45. The number of hydrogen-bond donors (Lipinski definition) is 2. The summed E-state index contributed by atoms with van der Waals surface area (Å²) in [4.78, 5) is -0.999. The SMILES string of the molecule is O=S(=O)(NC1(CO)CCOCC1)c1ccc(F)c(F)c1F. The minimum Gasteiger partial charge on any atom is -0.394 e. The van der Waals surface area contributed by atoms with Gasteiger partial charge in [0.2, 0.25) is 10.0 Å². The van der Waals surface area contributed by atoms with Gasteiger partial charge in [-0.15, -0.1) is 0 Å². The summed E-state index contributed by atoms with van der Waals surface area (Å²) in [5.74, 6) is -5.13. The fourth-order valence-corrected chi connectivity index (χ4v) is 3.63. The summed E-state index contributed by atoms with van der Waals surface area (Å²) in [6, 6.07) is 1.17. The Bertz CT molecular complexity index is 630. The first kappa shape index (κ1) is 16.2. The standard InChI is InChI=1S/C12H14F3NO4S/c13-8-1-2-9(11(15)10(8)14)21(18,19)16-12(7-17)3-5-20-6-4-12/h1-2,16-17H,3-7H2. The van der Waals surface area contributed by atoms with Crippen molar-refractivity contribution in [3.8, 4) is 0 Å². The van der Waals surface area contributed by atoms with Crippen LogP contribution in [0.15, 0.2) is 17.0 Å². The van der Waals surface area contributed by atoms with Crippen LogP contribution in [-0.4, -0.2) is 38.9 Å². The maximum atomic E-state index is 13.6. The minimum absolute atomic E-state index is 0.189. The summed E-state index contributed by atoms with van der Waals surface area (Å²) in [5, 5.41) is 9.41. The average molecular weight is 325 g/mol. The van der Waals surface area contributed by atoms with E-state index < -0.39 is 44.5 Å². The van der Waals surface area contributed by atoms with Gasteiger partial charge in [-0.3, -0.25) is 0 Å². The maximum Gasteiger partial charge on any atom is 0.244 e. The van der Waals surface area contributed by atoms with E-state index in [1.807, 2.05) is 0 Å². The highest BCUT2D eigenvalue weighted by molar-refractivity contribution is 7.89. The minimum atomic E-state index is -4.45. The van der Waals surface area contributed by atoms with E-state index in [-0.39, 0.29) is 26.1 Å². The van der Waals surface area contributed by atoms with Gasteiger partial charge in [0.1, 0.15) is 4.90 Å². The van der Waals surface area contributed by atoms with E-state index in [1.54, 1.807) is 0 Å². The molecule has 1 aliphatic heterocycles. The molecular weight excluding hydrogens is 311 g/mol. The Labute approximate surface area is 119 Å². The molecule has 0 bridgehead atoms. The molecule has 1 heterocycles. The Balaban J connectivity index is 2.36. The zero-order chi connectivity index (χ0) is 15.7. The van der Waals surface area contributed by atoms with E-state index >= 15 is 0 Å². The second-order valence-electron chi connectivity index (χ2n) is 4.83. The van der Waals surface area contributed by atoms with Crippen molar-refractivity contribution >= 4 is 10.0 Å². The monoisotopic (exact) mass is 325 g/mol. The van der Waals surface area contributed by atoms with Crippen molar-refractivity contribution in [2.45, 2.75) is 23.3 Å². The topological polar surface area (TPSA) is 75.6 Å². The number of rotatable bonds is 4. The first-order valence-electron chi connectivity index (χ1n) is 6.17. The number of ether oxygens (including phenoxy) is 1. The molecule has 0 aliphatic carbocycles. The quantitative estimate of drug-likeness (QED) is 0.808. The van der Waals surface area contributed by atoms with Gasteiger partial charge in [-0.05, 0) is 25.0 Å². The number of aliphatic hydroxyl groups is 1. The lowest BCUT2D eigenvalue weighted by Crippen LogP contribution is -2.54. The Kier molecular flexibility index (Phi) is 4.57. The lowest BCUT2D eigenvalue weighted by molar-refractivity contribution is 0.0222. The molecule has 1 aromatic carbocycles. The van der Waals surface area contributed by atoms with Crippen molar-refractivity contribution in [1.82, 2.24) is 4.72 Å². The van der Waals surface area contributed by atoms with Gasteiger partial charge in [0.05, 0.1) is 12.1 Å². The van der Waals surface area contributed by atoms with Crippen LogP contribution in [0.5, 0.6) is 0 Å². The predicted molar refractivity (Wildman–Crippen MR) is 66.5 cm³/mol. The van der Waals surface area contributed by atoms with E-state index in [1.165, 1.54) is 0 Å².